The molecule has 17 heavy (non-hydrogen) atoms. The fourth-order valence-electron chi connectivity index (χ4n) is 0.870. The van der Waals surface area contributed by atoms with Crippen LogP contribution in [0.25, 0.3) is 0 Å². The van der Waals surface area contributed by atoms with E-state index in [0.717, 1.165) is 0 Å². The predicted molar refractivity (Wildman–Crippen MR) is 64.5 cm³/mol. The molecule has 1 amide bonds. The monoisotopic (exact) mass is 249 g/mol. The third-order valence-corrected chi connectivity index (χ3v) is 2.18. The van der Waals surface area contributed by atoms with Crippen LogP contribution in [0.1, 0.15) is 25.6 Å². The number of hydrogen-bond acceptors (Lipinski definition) is 5. The SMILES string of the molecule is CC(C)(C)OC(=O)Nc1ncc(C#CC#N)s1. The molecule has 0 fully saturated rings. The van der Waals surface area contributed by atoms with Gasteiger partial charge in [-0.15, -0.1) is 0 Å². The summed E-state index contributed by atoms with van der Waals surface area (Å²) in [5.74, 6) is 4.84. The molecule has 0 saturated carbocycles. The number of rotatable bonds is 1. The minimum Gasteiger partial charge on any atom is -0.444 e. The topological polar surface area (TPSA) is 75.0 Å². The molecule has 0 aromatic carbocycles. The highest BCUT2D eigenvalue weighted by Gasteiger charge is 2.16. The van der Waals surface area contributed by atoms with E-state index in [1.165, 1.54) is 17.5 Å². The number of carbonyl (C=O) groups excluding carboxylic acids is 1. The molecule has 0 bridgehead atoms. The lowest BCUT2D eigenvalue weighted by Gasteiger charge is -2.18. The largest absolute Gasteiger partial charge is 0.444 e. The Bertz CT molecular complexity index is 511. The average Bonchev–Trinajstić information content (AvgIpc) is 2.59. The molecule has 0 spiro atoms. The number of ether oxygens (including phenoxy) is 1. The second kappa shape index (κ2) is 5.33. The van der Waals surface area contributed by atoms with E-state index in [4.69, 9.17) is 10.00 Å². The summed E-state index contributed by atoms with van der Waals surface area (Å²) in [4.78, 5) is 15.9. The van der Waals surface area contributed by atoms with Crippen molar-refractivity contribution in [3.05, 3.63) is 11.1 Å². The second-order valence-electron chi connectivity index (χ2n) is 4.02. The molecule has 0 aliphatic heterocycles. The van der Waals surface area contributed by atoms with E-state index < -0.39 is 11.7 Å². The zero-order chi connectivity index (χ0) is 12.9. The zero-order valence-electron chi connectivity index (χ0n) is 9.70. The van der Waals surface area contributed by atoms with Crippen LogP contribution in [-0.2, 0) is 4.74 Å². The molecule has 5 nitrogen and oxygen atoms in total. The standard InChI is InChI=1S/C11H11N3O2S/c1-11(2,3)16-10(15)14-9-13-7-8(17-9)5-4-6-12/h7H,1-3H3,(H,13,14,15). The van der Waals surface area contributed by atoms with Crippen molar-refractivity contribution in [2.45, 2.75) is 26.4 Å². The Morgan fingerprint density at radius 1 is 1.59 bits per heavy atom. The molecule has 0 aliphatic rings. The number of anilines is 1. The Balaban J connectivity index is 2.61. The molecule has 0 atom stereocenters. The van der Waals surface area contributed by atoms with E-state index in [1.807, 2.05) is 0 Å². The molecule has 0 aliphatic carbocycles. The number of nitrogens with one attached hydrogen (secondary N) is 1. The smallest absolute Gasteiger partial charge is 0.413 e. The first-order valence-electron chi connectivity index (χ1n) is 4.76. The van der Waals surface area contributed by atoms with Gasteiger partial charge in [0.15, 0.2) is 11.2 Å². The first kappa shape index (κ1) is 13.0. The van der Waals surface area contributed by atoms with Gasteiger partial charge in [-0.05, 0) is 26.7 Å². The highest BCUT2D eigenvalue weighted by atomic mass is 32.1. The molecular weight excluding hydrogens is 238 g/mol. The normalized spacial score (nSPS) is 9.76. The maximum atomic E-state index is 11.4. The lowest BCUT2D eigenvalue weighted by atomic mass is 10.2. The van der Waals surface area contributed by atoms with Crippen LogP contribution in [0.15, 0.2) is 6.20 Å². The van der Waals surface area contributed by atoms with E-state index in [1.54, 1.807) is 26.8 Å². The Morgan fingerprint density at radius 3 is 2.88 bits per heavy atom. The Morgan fingerprint density at radius 2 is 2.29 bits per heavy atom. The predicted octanol–water partition coefficient (Wildman–Crippen LogP) is 2.37. The number of amides is 1. The van der Waals surface area contributed by atoms with Gasteiger partial charge in [0.25, 0.3) is 0 Å². The molecule has 1 heterocycles. The van der Waals surface area contributed by atoms with Gasteiger partial charge in [0.05, 0.1) is 11.1 Å². The van der Waals surface area contributed by atoms with Crippen LogP contribution >= 0.6 is 11.3 Å². The van der Waals surface area contributed by atoms with Gasteiger partial charge < -0.3 is 4.74 Å². The van der Waals surface area contributed by atoms with Gasteiger partial charge in [0.1, 0.15) is 5.60 Å². The van der Waals surface area contributed by atoms with Crippen molar-refractivity contribution in [3.63, 3.8) is 0 Å². The van der Waals surface area contributed by atoms with Crippen LogP contribution in [-0.4, -0.2) is 16.7 Å². The molecule has 1 N–H and O–H groups in total. The molecule has 0 saturated heterocycles. The van der Waals surface area contributed by atoms with Gasteiger partial charge in [-0.25, -0.2) is 9.78 Å². The first-order chi connectivity index (χ1) is 7.90. The number of thiazole rings is 1. The molecule has 88 valence electrons. The van der Waals surface area contributed by atoms with Gasteiger partial charge >= 0.3 is 6.09 Å². The summed E-state index contributed by atoms with van der Waals surface area (Å²) >= 11 is 1.18. The Hall–Kier alpha value is -2.05. The lowest BCUT2D eigenvalue weighted by Crippen LogP contribution is -2.27. The van der Waals surface area contributed by atoms with Crippen LogP contribution in [0.4, 0.5) is 9.93 Å². The number of hydrogen-bond donors (Lipinski definition) is 1. The summed E-state index contributed by atoms with van der Waals surface area (Å²) < 4.78 is 5.06. The molecule has 0 unspecified atom stereocenters. The molecular formula is C11H11N3O2S. The van der Waals surface area contributed by atoms with Crippen LogP contribution in [0.5, 0.6) is 0 Å². The molecule has 6 heteroatoms. The van der Waals surface area contributed by atoms with E-state index >= 15 is 0 Å². The van der Waals surface area contributed by atoms with Crippen molar-refractivity contribution in [1.82, 2.24) is 4.98 Å². The van der Waals surface area contributed by atoms with E-state index in [-0.39, 0.29) is 0 Å². The van der Waals surface area contributed by atoms with Crippen molar-refractivity contribution in [2.75, 3.05) is 5.32 Å². The zero-order valence-corrected chi connectivity index (χ0v) is 10.5. The van der Waals surface area contributed by atoms with Crippen LogP contribution in [0.2, 0.25) is 0 Å². The first-order valence-corrected chi connectivity index (χ1v) is 5.58. The molecule has 1 rings (SSSR count). The third-order valence-electron chi connectivity index (χ3n) is 1.36. The summed E-state index contributed by atoms with van der Waals surface area (Å²) in [5.41, 5.74) is -0.551. The number of nitriles is 1. The Labute approximate surface area is 103 Å². The van der Waals surface area contributed by atoms with Gasteiger partial charge in [-0.2, -0.15) is 5.26 Å². The van der Waals surface area contributed by atoms with Gasteiger partial charge in [-0.1, -0.05) is 11.3 Å². The highest BCUT2D eigenvalue weighted by Crippen LogP contribution is 2.18. The van der Waals surface area contributed by atoms with Crippen molar-refractivity contribution in [1.29, 1.82) is 5.26 Å². The quantitative estimate of drug-likeness (QED) is 0.775. The van der Waals surface area contributed by atoms with E-state index in [0.29, 0.717) is 10.0 Å². The number of aromatic nitrogens is 1. The van der Waals surface area contributed by atoms with Gasteiger partial charge in [0, 0.05) is 5.92 Å². The second-order valence-corrected chi connectivity index (χ2v) is 5.05. The average molecular weight is 249 g/mol. The summed E-state index contributed by atoms with van der Waals surface area (Å²) in [6, 6.07) is 1.70. The maximum absolute atomic E-state index is 11.4. The third kappa shape index (κ3) is 5.01. The number of nitrogens with zero attached hydrogens (tertiary/aromatic N) is 2. The fraction of sp³-hybridized carbons (Fsp3) is 0.364. The van der Waals surface area contributed by atoms with E-state index in [9.17, 15) is 4.79 Å². The highest BCUT2D eigenvalue weighted by molar-refractivity contribution is 7.16. The fourth-order valence-corrected chi connectivity index (χ4v) is 1.53. The minimum absolute atomic E-state index is 0.390. The van der Waals surface area contributed by atoms with Crippen LogP contribution in [0, 0.1) is 23.2 Å². The van der Waals surface area contributed by atoms with Crippen molar-refractivity contribution >= 4 is 22.6 Å². The van der Waals surface area contributed by atoms with Gasteiger partial charge in [0.2, 0.25) is 0 Å². The van der Waals surface area contributed by atoms with E-state index in [2.05, 4.69) is 22.1 Å². The van der Waals surface area contributed by atoms with Crippen LogP contribution < -0.4 is 5.32 Å². The van der Waals surface area contributed by atoms with Crippen molar-refractivity contribution in [2.24, 2.45) is 0 Å². The maximum Gasteiger partial charge on any atom is 0.413 e. The molecule has 1 aromatic rings. The molecule has 0 radical (unpaired) electrons. The minimum atomic E-state index is -0.563. The van der Waals surface area contributed by atoms with Crippen molar-refractivity contribution in [3.8, 4) is 17.9 Å². The molecule has 1 aromatic heterocycles. The van der Waals surface area contributed by atoms with Crippen LogP contribution in [0.3, 0.4) is 0 Å². The summed E-state index contributed by atoms with van der Waals surface area (Å²) in [6.07, 6.45) is 0.925. The van der Waals surface area contributed by atoms with Gasteiger partial charge in [-0.3, -0.25) is 5.32 Å². The Kier molecular flexibility index (Phi) is 4.08. The lowest BCUT2D eigenvalue weighted by molar-refractivity contribution is 0.0636. The number of carbonyl (C=O) groups is 1. The summed E-state index contributed by atoms with van der Waals surface area (Å²) in [6.45, 7) is 5.33. The summed E-state index contributed by atoms with van der Waals surface area (Å²) in [7, 11) is 0. The summed E-state index contributed by atoms with van der Waals surface area (Å²) in [5, 5.41) is 11.2. The van der Waals surface area contributed by atoms with Crippen molar-refractivity contribution < 1.29 is 9.53 Å².